The van der Waals surface area contributed by atoms with Crippen LogP contribution < -0.4 is 5.32 Å². The van der Waals surface area contributed by atoms with Crippen molar-refractivity contribution in [3.05, 3.63) is 94.0 Å². The number of hydrogen-bond acceptors (Lipinski definition) is 5. The number of imide groups is 1. The molecule has 3 aromatic rings. The molecule has 3 unspecified atom stereocenters. The van der Waals surface area contributed by atoms with Crippen molar-refractivity contribution in [1.29, 1.82) is 0 Å². The molecule has 2 fully saturated rings. The van der Waals surface area contributed by atoms with E-state index in [1.807, 2.05) is 71.6 Å². The number of rotatable bonds is 5. The second-order valence-corrected chi connectivity index (χ2v) is 12.0. The van der Waals surface area contributed by atoms with E-state index in [-0.39, 0.29) is 36.2 Å². The van der Waals surface area contributed by atoms with Gasteiger partial charge in [-0.05, 0) is 66.8 Å². The number of amides is 4. The van der Waals surface area contributed by atoms with Crippen LogP contribution in [-0.4, -0.2) is 69.5 Å². The smallest absolute Gasteiger partial charge is 0.255 e. The Bertz CT molecular complexity index is 1560. The van der Waals surface area contributed by atoms with Crippen LogP contribution in [0.1, 0.15) is 58.5 Å². The van der Waals surface area contributed by atoms with Gasteiger partial charge >= 0.3 is 0 Å². The molecule has 3 aliphatic heterocycles. The lowest BCUT2D eigenvalue weighted by Gasteiger charge is -2.44. The van der Waals surface area contributed by atoms with Gasteiger partial charge in [0.05, 0.1) is 0 Å². The van der Waals surface area contributed by atoms with Crippen LogP contribution in [-0.2, 0) is 22.7 Å². The zero-order valence-electron chi connectivity index (χ0n) is 23.7. The van der Waals surface area contributed by atoms with Crippen LogP contribution in [0.3, 0.4) is 0 Å². The van der Waals surface area contributed by atoms with E-state index in [1.165, 1.54) is 0 Å². The average molecular weight is 585 g/mol. The van der Waals surface area contributed by atoms with E-state index in [1.54, 1.807) is 4.90 Å². The molecule has 0 saturated carbocycles. The third-order valence-electron chi connectivity index (χ3n) is 8.54. The zero-order valence-corrected chi connectivity index (χ0v) is 24.4. The molecule has 0 aliphatic carbocycles. The summed E-state index contributed by atoms with van der Waals surface area (Å²) in [6, 6.07) is 20.5. The minimum Gasteiger partial charge on any atom is -0.331 e. The van der Waals surface area contributed by atoms with Gasteiger partial charge in [-0.15, -0.1) is 0 Å². The quantitative estimate of drug-likeness (QED) is 0.446. The predicted octanol–water partition coefficient (Wildman–Crippen LogP) is 4.50. The zero-order chi connectivity index (χ0) is 29.5. The summed E-state index contributed by atoms with van der Waals surface area (Å²) >= 11 is 6.09. The third kappa shape index (κ3) is 5.32. The molecule has 9 heteroatoms. The Hall–Kier alpha value is -4.01. The van der Waals surface area contributed by atoms with E-state index in [0.717, 1.165) is 35.3 Å². The highest BCUT2D eigenvalue weighted by molar-refractivity contribution is 6.30. The maximum Gasteiger partial charge on any atom is 0.255 e. The Labute approximate surface area is 250 Å². The van der Waals surface area contributed by atoms with Gasteiger partial charge in [-0.3, -0.25) is 29.4 Å². The van der Waals surface area contributed by atoms with Crippen LogP contribution in [0, 0.1) is 0 Å². The Balaban J connectivity index is 1.14. The minimum atomic E-state index is -0.622. The fourth-order valence-corrected chi connectivity index (χ4v) is 6.76. The van der Waals surface area contributed by atoms with Gasteiger partial charge in [-0.25, -0.2) is 0 Å². The lowest BCUT2D eigenvalue weighted by Crippen LogP contribution is -2.58. The predicted molar refractivity (Wildman–Crippen MR) is 160 cm³/mol. The molecule has 1 N–H and O–H groups in total. The van der Waals surface area contributed by atoms with E-state index in [0.29, 0.717) is 35.7 Å². The standard InChI is InChI=1S/C33H33ClN4O4/c1-20-16-36(17-21(2)38(20)33(42)28-6-4-3-5-26(28)23-8-10-25(34)11-9-23)18-22-7-12-27-24(15-22)19-37(32(27)41)29-13-14-30(39)35-31(29)40/h3-12,15,20-21,29H,13-14,16-19H2,1-2H3,(H,35,39,40). The van der Waals surface area contributed by atoms with Crippen molar-refractivity contribution in [1.82, 2.24) is 20.0 Å². The molecule has 2 saturated heterocycles. The maximum absolute atomic E-state index is 13.9. The molecule has 0 radical (unpaired) electrons. The molecule has 3 atom stereocenters. The third-order valence-corrected chi connectivity index (χ3v) is 8.79. The molecule has 4 amide bonds. The van der Waals surface area contributed by atoms with Gasteiger partial charge in [-0.2, -0.15) is 0 Å². The van der Waals surface area contributed by atoms with Crippen LogP contribution in [0.25, 0.3) is 11.1 Å². The summed E-state index contributed by atoms with van der Waals surface area (Å²) in [6.07, 6.45) is 0.583. The van der Waals surface area contributed by atoms with Crippen LogP contribution in [0.4, 0.5) is 0 Å². The number of nitrogens with one attached hydrogen (secondary N) is 1. The van der Waals surface area contributed by atoms with Gasteiger partial charge in [-0.1, -0.05) is 54.1 Å². The van der Waals surface area contributed by atoms with Crippen LogP contribution >= 0.6 is 11.6 Å². The first-order chi connectivity index (χ1) is 20.2. The maximum atomic E-state index is 13.9. The van der Waals surface area contributed by atoms with Crippen LogP contribution in [0.15, 0.2) is 66.7 Å². The van der Waals surface area contributed by atoms with Crippen LogP contribution in [0.5, 0.6) is 0 Å². The van der Waals surface area contributed by atoms with Gasteiger partial charge in [0.25, 0.3) is 11.8 Å². The number of piperazine rings is 1. The van der Waals surface area contributed by atoms with E-state index in [2.05, 4.69) is 24.1 Å². The van der Waals surface area contributed by atoms with Gasteiger partial charge in [0.15, 0.2) is 0 Å². The number of halogens is 1. The number of nitrogens with zero attached hydrogens (tertiary/aromatic N) is 3. The molecule has 0 aromatic heterocycles. The fourth-order valence-electron chi connectivity index (χ4n) is 6.64. The molecule has 8 nitrogen and oxygen atoms in total. The summed E-state index contributed by atoms with van der Waals surface area (Å²) in [5.74, 6) is -0.846. The van der Waals surface area contributed by atoms with E-state index in [9.17, 15) is 19.2 Å². The highest BCUT2D eigenvalue weighted by Gasteiger charge is 2.39. The number of piperidine rings is 1. The van der Waals surface area contributed by atoms with Crippen LogP contribution in [0.2, 0.25) is 5.02 Å². The molecule has 42 heavy (non-hydrogen) atoms. The number of carbonyl (C=O) groups is 4. The number of fused-ring (bicyclic) bond motifs is 1. The van der Waals surface area contributed by atoms with Crippen molar-refractivity contribution in [2.75, 3.05) is 13.1 Å². The summed E-state index contributed by atoms with van der Waals surface area (Å²) in [5.41, 5.74) is 5.11. The molecular weight excluding hydrogens is 552 g/mol. The molecule has 0 bridgehead atoms. The summed E-state index contributed by atoms with van der Waals surface area (Å²) < 4.78 is 0. The van der Waals surface area contributed by atoms with Gasteiger partial charge in [0.2, 0.25) is 11.8 Å². The van der Waals surface area contributed by atoms with Gasteiger partial charge in [0.1, 0.15) is 6.04 Å². The van der Waals surface area contributed by atoms with Crippen molar-refractivity contribution in [3.8, 4) is 11.1 Å². The molecule has 3 heterocycles. The molecule has 6 rings (SSSR count). The average Bonchev–Trinajstić information content (AvgIpc) is 3.28. The van der Waals surface area contributed by atoms with Crippen molar-refractivity contribution < 1.29 is 19.2 Å². The van der Waals surface area contributed by atoms with Crippen molar-refractivity contribution in [2.24, 2.45) is 0 Å². The largest absolute Gasteiger partial charge is 0.331 e. The SMILES string of the molecule is CC1CN(Cc2ccc3c(c2)CN(C2CCC(=O)NC2=O)C3=O)CC(C)N1C(=O)c1ccccc1-c1ccc(Cl)cc1. The Morgan fingerprint density at radius 2 is 1.64 bits per heavy atom. The van der Waals surface area contributed by atoms with Crippen molar-refractivity contribution >= 4 is 35.2 Å². The second-order valence-electron chi connectivity index (χ2n) is 11.5. The molecule has 216 valence electrons. The highest BCUT2D eigenvalue weighted by Crippen LogP contribution is 2.31. The molecular formula is C33H33ClN4O4. The summed E-state index contributed by atoms with van der Waals surface area (Å²) in [6.45, 7) is 6.67. The Morgan fingerprint density at radius 3 is 2.36 bits per heavy atom. The van der Waals surface area contributed by atoms with Crippen molar-refractivity contribution in [3.63, 3.8) is 0 Å². The molecule has 3 aromatic carbocycles. The lowest BCUT2D eigenvalue weighted by molar-refractivity contribution is -0.136. The normalized spacial score (nSPS) is 22.7. The van der Waals surface area contributed by atoms with Gasteiger partial charge in [0, 0.05) is 60.8 Å². The monoisotopic (exact) mass is 584 g/mol. The fraction of sp³-hybridized carbons (Fsp3) is 0.333. The Kier molecular flexibility index (Phi) is 7.60. The lowest BCUT2D eigenvalue weighted by atomic mass is 9.97. The number of carbonyl (C=O) groups excluding carboxylic acids is 4. The first-order valence-corrected chi connectivity index (χ1v) is 14.7. The molecule has 0 spiro atoms. The van der Waals surface area contributed by atoms with Gasteiger partial charge < -0.3 is 9.80 Å². The molecule has 3 aliphatic rings. The topological polar surface area (TPSA) is 90.0 Å². The first kappa shape index (κ1) is 28.1. The highest BCUT2D eigenvalue weighted by atomic mass is 35.5. The second kappa shape index (κ2) is 11.3. The minimum absolute atomic E-state index is 0.00135. The summed E-state index contributed by atoms with van der Waals surface area (Å²) in [7, 11) is 0. The number of benzene rings is 3. The van der Waals surface area contributed by atoms with E-state index >= 15 is 0 Å². The Morgan fingerprint density at radius 1 is 0.929 bits per heavy atom. The van der Waals surface area contributed by atoms with Crippen molar-refractivity contribution in [2.45, 2.75) is 57.9 Å². The first-order valence-electron chi connectivity index (χ1n) is 14.4. The van der Waals surface area contributed by atoms with E-state index < -0.39 is 11.9 Å². The summed E-state index contributed by atoms with van der Waals surface area (Å²) in [4.78, 5) is 56.8. The van der Waals surface area contributed by atoms with E-state index in [4.69, 9.17) is 11.6 Å². The number of hydrogen-bond donors (Lipinski definition) is 1. The summed E-state index contributed by atoms with van der Waals surface area (Å²) in [5, 5.41) is 3.01.